The van der Waals surface area contributed by atoms with E-state index >= 15 is 0 Å². The normalized spacial score (nSPS) is 11.4. The minimum atomic E-state index is 0.687. The first kappa shape index (κ1) is 38.4. The molecule has 12 aromatic rings. The van der Waals surface area contributed by atoms with Gasteiger partial charge >= 0.3 is 0 Å². The van der Waals surface area contributed by atoms with Gasteiger partial charge in [-0.05, 0) is 57.1 Å². The summed E-state index contributed by atoms with van der Waals surface area (Å²) in [7, 11) is 0. The van der Waals surface area contributed by atoms with Gasteiger partial charge in [0.15, 0.2) is 5.82 Å². The fraction of sp³-hybridized carbons (Fsp3) is 0. The highest BCUT2D eigenvalue weighted by Crippen LogP contribution is 2.45. The summed E-state index contributed by atoms with van der Waals surface area (Å²) < 4.78 is 2.47. The van der Waals surface area contributed by atoms with E-state index in [-0.39, 0.29) is 0 Å². The fourth-order valence-corrected chi connectivity index (χ4v) is 10.2. The lowest BCUT2D eigenvalue weighted by Crippen LogP contribution is -1.96. The first-order valence-electron chi connectivity index (χ1n) is 21.9. The molecule has 9 aromatic carbocycles. The topological polar surface area (TPSA) is 38.7 Å². The van der Waals surface area contributed by atoms with Crippen LogP contribution in [-0.4, -0.2) is 15.0 Å². The second kappa shape index (κ2) is 16.4. The van der Waals surface area contributed by atoms with E-state index in [4.69, 9.17) is 15.0 Å². The van der Waals surface area contributed by atoms with Crippen LogP contribution in [0.1, 0.15) is 0 Å². The lowest BCUT2D eigenvalue weighted by molar-refractivity contribution is 1.18. The number of rotatable bonds is 8. The number of nitrogens with zero attached hydrogens (tertiary/aromatic N) is 3. The van der Waals surface area contributed by atoms with Crippen molar-refractivity contribution in [2.75, 3.05) is 0 Å². The fourth-order valence-electron chi connectivity index (χ4n) is 9.01. The molecule has 0 fully saturated rings. The maximum Gasteiger partial charge on any atom is 0.160 e. The number of benzene rings is 9. The molecular weight excluding hydrogens is 807 g/mol. The van der Waals surface area contributed by atoms with E-state index in [1.54, 1.807) is 0 Å². The van der Waals surface area contributed by atoms with Crippen LogP contribution in [0.25, 0.3) is 121 Å². The van der Waals surface area contributed by atoms with Gasteiger partial charge in [-0.15, -0.1) is 11.3 Å². The largest absolute Gasteiger partial charge is 0.246 e. The summed E-state index contributed by atoms with van der Waals surface area (Å²) >= 11 is 1.82. The van der Waals surface area contributed by atoms with Gasteiger partial charge in [0.05, 0.1) is 27.3 Å². The van der Waals surface area contributed by atoms with Gasteiger partial charge in [0.2, 0.25) is 0 Å². The van der Waals surface area contributed by atoms with E-state index in [0.29, 0.717) is 5.82 Å². The highest BCUT2D eigenvalue weighted by atomic mass is 32.1. The molecule has 12 rings (SSSR count). The average Bonchev–Trinajstić information content (AvgIpc) is 3.79. The molecule has 4 heteroatoms. The minimum absolute atomic E-state index is 0.687. The number of hydrogen-bond acceptors (Lipinski definition) is 4. The third kappa shape index (κ3) is 7.26. The molecule has 3 nitrogen and oxygen atoms in total. The third-order valence-corrected chi connectivity index (χ3v) is 13.5. The minimum Gasteiger partial charge on any atom is -0.246 e. The SMILES string of the molecule is c1ccc(-c2ccc(-c3cc(-c4ccc(-c5cccc(-c6nc7c(-c8ccccc8)cccc7c7c6sc6ccccc67)c5)cc4)nc(-c4ccc(-c5ccccc5)cc4)n3)cc2)cc1. The monoisotopic (exact) mass is 845 g/mol. The van der Waals surface area contributed by atoms with Crippen molar-refractivity contribution < 1.29 is 0 Å². The number of pyridine rings is 1. The molecular formula is C61H39N3S. The zero-order valence-electron chi connectivity index (χ0n) is 35.3. The molecule has 0 bridgehead atoms. The zero-order chi connectivity index (χ0) is 43.1. The van der Waals surface area contributed by atoms with Crippen LogP contribution in [0, 0.1) is 0 Å². The molecule has 0 aliphatic carbocycles. The van der Waals surface area contributed by atoms with Crippen LogP contribution in [0.3, 0.4) is 0 Å². The summed E-state index contributed by atoms with van der Waals surface area (Å²) in [6.45, 7) is 0. The highest BCUT2D eigenvalue weighted by Gasteiger charge is 2.19. The first-order valence-corrected chi connectivity index (χ1v) is 22.7. The number of para-hydroxylation sites is 1. The Labute approximate surface area is 381 Å². The Kier molecular flexibility index (Phi) is 9.70. The van der Waals surface area contributed by atoms with Gasteiger partial charge in [-0.25, -0.2) is 15.0 Å². The van der Waals surface area contributed by atoms with Gasteiger partial charge in [0, 0.05) is 48.7 Å². The maximum absolute atomic E-state index is 5.54. The number of aromatic nitrogens is 3. The van der Waals surface area contributed by atoms with Gasteiger partial charge in [-0.2, -0.15) is 0 Å². The standard InChI is InChI=1S/C61H39N3S/c1-4-14-40(15-5-1)42-26-32-46(33-27-42)54-39-55(63-61(62-54)48-36-30-43(31-37-48)41-16-6-2-7-17-41)47-34-28-44(29-35-47)49-20-12-21-50(38-49)58-60-57(52-22-10-11-25-56(52)65-60)53-24-13-23-51(59(53)64-58)45-18-8-3-9-19-45/h1-39H. The van der Waals surface area contributed by atoms with E-state index in [0.717, 1.165) is 72.7 Å². The van der Waals surface area contributed by atoms with Crippen LogP contribution in [0.2, 0.25) is 0 Å². The number of hydrogen-bond donors (Lipinski definition) is 0. The summed E-state index contributed by atoms with van der Waals surface area (Å²) in [5.41, 5.74) is 17.1. The van der Waals surface area contributed by atoms with Crippen molar-refractivity contribution in [3.63, 3.8) is 0 Å². The molecule has 0 spiro atoms. The molecule has 3 aromatic heterocycles. The summed E-state index contributed by atoms with van der Waals surface area (Å²) in [4.78, 5) is 15.9. The van der Waals surface area contributed by atoms with Crippen LogP contribution in [-0.2, 0) is 0 Å². The Morgan fingerprint density at radius 3 is 1.35 bits per heavy atom. The Bertz CT molecular complexity index is 3560. The molecule has 0 aliphatic heterocycles. The van der Waals surface area contributed by atoms with Crippen LogP contribution < -0.4 is 0 Å². The quantitative estimate of drug-likeness (QED) is 0.153. The van der Waals surface area contributed by atoms with Crippen LogP contribution >= 0.6 is 11.3 Å². The Morgan fingerprint density at radius 2 is 0.738 bits per heavy atom. The summed E-state index contributed by atoms with van der Waals surface area (Å²) in [5.74, 6) is 0.687. The molecule has 65 heavy (non-hydrogen) atoms. The van der Waals surface area contributed by atoms with Crippen molar-refractivity contribution in [3.8, 4) is 89.7 Å². The Morgan fingerprint density at radius 1 is 0.292 bits per heavy atom. The van der Waals surface area contributed by atoms with Crippen molar-refractivity contribution in [1.82, 2.24) is 15.0 Å². The predicted octanol–water partition coefficient (Wildman–Crippen LogP) is 16.7. The Balaban J connectivity index is 0.933. The molecule has 0 N–H and O–H groups in total. The van der Waals surface area contributed by atoms with Crippen molar-refractivity contribution >= 4 is 42.4 Å². The van der Waals surface area contributed by atoms with Gasteiger partial charge in [0.25, 0.3) is 0 Å². The molecule has 0 aliphatic rings. The molecule has 0 saturated carbocycles. The van der Waals surface area contributed by atoms with E-state index < -0.39 is 0 Å². The van der Waals surface area contributed by atoms with Crippen LogP contribution in [0.4, 0.5) is 0 Å². The number of thiophene rings is 1. The van der Waals surface area contributed by atoms with E-state index in [1.807, 2.05) is 23.5 Å². The van der Waals surface area contributed by atoms with E-state index in [9.17, 15) is 0 Å². The number of fused-ring (bicyclic) bond motifs is 5. The molecule has 0 amide bonds. The van der Waals surface area contributed by atoms with Crippen molar-refractivity contribution in [3.05, 3.63) is 237 Å². The van der Waals surface area contributed by atoms with Crippen molar-refractivity contribution in [2.24, 2.45) is 0 Å². The summed E-state index contributed by atoms with van der Waals surface area (Å²) in [5, 5.41) is 3.71. The average molecular weight is 846 g/mol. The second-order valence-electron chi connectivity index (χ2n) is 16.3. The van der Waals surface area contributed by atoms with E-state index in [2.05, 4.69) is 224 Å². The van der Waals surface area contributed by atoms with Crippen molar-refractivity contribution in [2.45, 2.75) is 0 Å². The molecule has 3 heterocycles. The highest BCUT2D eigenvalue weighted by molar-refractivity contribution is 7.26. The van der Waals surface area contributed by atoms with Crippen molar-refractivity contribution in [1.29, 1.82) is 0 Å². The second-order valence-corrected chi connectivity index (χ2v) is 17.4. The van der Waals surface area contributed by atoms with Gasteiger partial charge < -0.3 is 0 Å². The maximum atomic E-state index is 5.54. The molecule has 304 valence electrons. The predicted molar refractivity (Wildman–Crippen MR) is 274 cm³/mol. The van der Waals surface area contributed by atoms with Crippen LogP contribution in [0.15, 0.2) is 237 Å². The zero-order valence-corrected chi connectivity index (χ0v) is 36.1. The summed E-state index contributed by atoms with van der Waals surface area (Å²) in [6, 6.07) is 83.8. The molecule has 0 radical (unpaired) electrons. The van der Waals surface area contributed by atoms with Crippen LogP contribution in [0.5, 0.6) is 0 Å². The lowest BCUT2D eigenvalue weighted by Gasteiger charge is -2.13. The van der Waals surface area contributed by atoms with Gasteiger partial charge in [0.1, 0.15) is 0 Å². The third-order valence-electron chi connectivity index (χ3n) is 12.3. The molecule has 0 unspecified atom stereocenters. The summed E-state index contributed by atoms with van der Waals surface area (Å²) in [6.07, 6.45) is 0. The Hall–Kier alpha value is -8.31. The first-order chi connectivity index (χ1) is 32.2. The van der Waals surface area contributed by atoms with Gasteiger partial charge in [-0.1, -0.05) is 218 Å². The smallest absolute Gasteiger partial charge is 0.160 e. The lowest BCUT2D eigenvalue weighted by atomic mass is 9.96. The molecule has 0 saturated heterocycles. The molecule has 0 atom stereocenters. The van der Waals surface area contributed by atoms with E-state index in [1.165, 1.54) is 42.2 Å². The van der Waals surface area contributed by atoms with Gasteiger partial charge in [-0.3, -0.25) is 0 Å².